The normalized spacial score (nSPS) is 19.8. The maximum atomic E-state index is 13.5. The van der Waals surface area contributed by atoms with Crippen molar-refractivity contribution in [3.63, 3.8) is 0 Å². The Labute approximate surface area is 343 Å². The molecule has 58 heavy (non-hydrogen) atoms. The van der Waals surface area contributed by atoms with Crippen LogP contribution >= 0.6 is 0 Å². The van der Waals surface area contributed by atoms with Gasteiger partial charge < -0.3 is 15.2 Å². The van der Waals surface area contributed by atoms with Gasteiger partial charge >= 0.3 is 6.09 Å². The number of hydrogen-bond donors (Lipinski definition) is 2. The molecule has 7 nitrogen and oxygen atoms in total. The van der Waals surface area contributed by atoms with Gasteiger partial charge in [0.15, 0.2) is 0 Å². The van der Waals surface area contributed by atoms with Gasteiger partial charge in [-0.05, 0) is 134 Å². The van der Waals surface area contributed by atoms with Gasteiger partial charge in [0.05, 0.1) is 31.8 Å². The smallest absolute Gasteiger partial charge is 0.410 e. The van der Waals surface area contributed by atoms with Gasteiger partial charge in [-0.25, -0.2) is 13.6 Å². The lowest BCUT2D eigenvalue weighted by atomic mass is 9.88. The van der Waals surface area contributed by atoms with Crippen molar-refractivity contribution in [3.05, 3.63) is 142 Å². The molecule has 2 saturated heterocycles. The zero-order valence-electron chi connectivity index (χ0n) is 33.4. The van der Waals surface area contributed by atoms with E-state index in [2.05, 4.69) is 57.3 Å². The summed E-state index contributed by atoms with van der Waals surface area (Å²) >= 11 is 0. The monoisotopic (exact) mass is 786 g/mol. The minimum atomic E-state index is -0.301. The van der Waals surface area contributed by atoms with E-state index in [9.17, 15) is 13.6 Å². The standard InChI is InChI=1S/C25H27FN2O2.C15H14FN.C9H15NO/c1-2-14-27-15-11-19(12-16-27)18-30-25(29)28-17-13-20-5-3-4-6-23(20)24(28)21-7-9-22(26)10-8-21;16-13-7-5-12(6-8-13)15-14-4-2-1-3-11(14)9-10-17-15;1-2-5-10-6-3-9(8-11)4-7-10/h1,3-10,19,24H,11-18H2;1-8,15,17H,9-10H2;1,9,11H,3-8H2/t24-;15-;/m00./s1. The number of fused-ring (bicyclic) bond motifs is 2. The molecule has 4 aliphatic heterocycles. The van der Waals surface area contributed by atoms with Crippen LogP contribution in [0.25, 0.3) is 0 Å². The fourth-order valence-corrected chi connectivity index (χ4v) is 8.39. The highest BCUT2D eigenvalue weighted by Gasteiger charge is 2.33. The Morgan fingerprint density at radius 2 is 1.21 bits per heavy atom. The van der Waals surface area contributed by atoms with E-state index in [4.69, 9.17) is 22.7 Å². The van der Waals surface area contributed by atoms with E-state index in [0.29, 0.717) is 38.1 Å². The molecule has 0 bridgehead atoms. The highest BCUT2D eigenvalue weighted by molar-refractivity contribution is 5.70. The summed E-state index contributed by atoms with van der Waals surface area (Å²) in [5.74, 6) is 5.74. The SMILES string of the molecule is C#CCN1CCC(CO)CC1.C#CCN1CCC(COC(=O)N2CCc3ccccc3[C@@H]2c2ccc(F)cc2)CC1.Fc1ccc([C@@H]2NCCc3ccccc32)cc1. The fraction of sp³-hybridized carbons (Fsp3) is 0.408. The third kappa shape index (κ3) is 11.6. The zero-order valence-corrected chi connectivity index (χ0v) is 33.4. The molecule has 4 aromatic carbocycles. The van der Waals surface area contributed by atoms with Gasteiger partial charge in [-0.2, -0.15) is 0 Å². The Morgan fingerprint density at radius 1 is 0.690 bits per heavy atom. The Bertz CT molecular complexity index is 1980. The van der Waals surface area contributed by atoms with E-state index in [-0.39, 0.29) is 29.8 Å². The molecule has 0 aliphatic carbocycles. The van der Waals surface area contributed by atoms with Gasteiger partial charge in [-0.3, -0.25) is 14.7 Å². The summed E-state index contributed by atoms with van der Waals surface area (Å²) < 4.78 is 32.2. The quantitative estimate of drug-likeness (QED) is 0.188. The second-order valence-corrected chi connectivity index (χ2v) is 15.6. The number of ether oxygens (including phenoxy) is 1. The number of amides is 1. The fourth-order valence-electron chi connectivity index (χ4n) is 8.39. The van der Waals surface area contributed by atoms with E-state index in [1.54, 1.807) is 17.0 Å². The Hall–Kier alpha value is -5.03. The van der Waals surface area contributed by atoms with E-state index >= 15 is 0 Å². The van der Waals surface area contributed by atoms with E-state index in [0.717, 1.165) is 94.5 Å². The van der Waals surface area contributed by atoms with Crippen molar-refractivity contribution in [1.29, 1.82) is 0 Å². The topological polar surface area (TPSA) is 68.3 Å². The van der Waals surface area contributed by atoms with Crippen molar-refractivity contribution in [2.75, 3.05) is 65.6 Å². The van der Waals surface area contributed by atoms with Crippen LogP contribution in [0.3, 0.4) is 0 Å². The van der Waals surface area contributed by atoms with Crippen molar-refractivity contribution in [2.24, 2.45) is 11.8 Å². The number of benzene rings is 4. The molecule has 1 amide bonds. The third-order valence-corrected chi connectivity index (χ3v) is 11.8. The average molecular weight is 787 g/mol. The lowest BCUT2D eigenvalue weighted by Crippen LogP contribution is -2.42. The number of rotatable bonds is 7. The third-order valence-electron chi connectivity index (χ3n) is 11.8. The molecule has 0 saturated carbocycles. The van der Waals surface area contributed by atoms with E-state index in [1.807, 2.05) is 30.3 Å². The maximum absolute atomic E-state index is 13.5. The number of aliphatic hydroxyl groups is 1. The molecule has 2 atom stereocenters. The van der Waals surface area contributed by atoms with Gasteiger partial charge in [0.1, 0.15) is 11.6 Å². The number of carbonyl (C=O) groups is 1. The molecule has 0 spiro atoms. The Balaban J connectivity index is 0.000000169. The first-order valence-corrected chi connectivity index (χ1v) is 20.6. The number of piperidine rings is 2. The van der Waals surface area contributed by atoms with Crippen molar-refractivity contribution in [2.45, 2.75) is 50.6 Å². The first-order chi connectivity index (χ1) is 28.4. The van der Waals surface area contributed by atoms with Gasteiger partial charge in [-0.1, -0.05) is 84.6 Å². The Morgan fingerprint density at radius 3 is 1.78 bits per heavy atom. The number of halogens is 2. The minimum Gasteiger partial charge on any atom is -0.449 e. The van der Waals surface area contributed by atoms with Gasteiger partial charge in [-0.15, -0.1) is 12.8 Å². The lowest BCUT2D eigenvalue weighted by Gasteiger charge is -2.37. The predicted molar refractivity (Wildman–Crippen MR) is 226 cm³/mol. The summed E-state index contributed by atoms with van der Waals surface area (Å²) in [6.45, 7) is 7.75. The summed E-state index contributed by atoms with van der Waals surface area (Å²) in [7, 11) is 0. The number of hydrogen-bond acceptors (Lipinski definition) is 6. The van der Waals surface area contributed by atoms with Gasteiger partial charge in [0, 0.05) is 19.7 Å². The van der Waals surface area contributed by atoms with Crippen LogP contribution in [-0.2, 0) is 17.6 Å². The van der Waals surface area contributed by atoms with Crippen LogP contribution in [0.4, 0.5) is 13.6 Å². The van der Waals surface area contributed by atoms with Gasteiger partial charge in [0.2, 0.25) is 0 Å². The Kier molecular flexibility index (Phi) is 15.9. The molecule has 0 radical (unpaired) electrons. The number of likely N-dealkylation sites (tertiary alicyclic amines) is 2. The zero-order chi connectivity index (χ0) is 40.7. The molecule has 4 aliphatic rings. The average Bonchev–Trinajstić information content (AvgIpc) is 3.27. The minimum absolute atomic E-state index is 0.183. The first kappa shape index (κ1) is 42.6. The van der Waals surface area contributed by atoms with Gasteiger partial charge in [0.25, 0.3) is 0 Å². The summed E-state index contributed by atoms with van der Waals surface area (Å²) in [5.41, 5.74) is 7.01. The summed E-state index contributed by atoms with van der Waals surface area (Å²) in [6.07, 6.45) is 16.3. The first-order valence-electron chi connectivity index (χ1n) is 20.6. The summed E-state index contributed by atoms with van der Waals surface area (Å²) in [5, 5.41) is 12.3. The van der Waals surface area contributed by atoms with Crippen LogP contribution < -0.4 is 5.32 Å². The number of carbonyl (C=O) groups excluding carboxylic acids is 1. The number of aliphatic hydroxyl groups excluding tert-OH is 1. The molecule has 0 unspecified atom stereocenters. The second kappa shape index (κ2) is 21.6. The molecule has 2 fully saturated rings. The summed E-state index contributed by atoms with van der Waals surface area (Å²) in [6, 6.07) is 29.7. The van der Waals surface area contributed by atoms with Crippen LogP contribution in [-0.4, -0.2) is 91.5 Å². The molecular weight excluding hydrogens is 731 g/mol. The van der Waals surface area contributed by atoms with Crippen molar-refractivity contribution in [3.8, 4) is 24.7 Å². The van der Waals surface area contributed by atoms with Crippen LogP contribution in [0.5, 0.6) is 0 Å². The van der Waals surface area contributed by atoms with Crippen molar-refractivity contribution in [1.82, 2.24) is 20.0 Å². The highest BCUT2D eigenvalue weighted by Crippen LogP contribution is 2.36. The summed E-state index contributed by atoms with van der Waals surface area (Å²) in [4.78, 5) is 19.4. The molecular formula is C49H56F2N4O3. The highest BCUT2D eigenvalue weighted by atomic mass is 19.1. The van der Waals surface area contributed by atoms with Crippen LogP contribution in [0.1, 0.15) is 71.1 Å². The molecule has 0 aromatic heterocycles. The number of terminal acetylenes is 2. The molecule has 304 valence electrons. The van der Waals surface area contributed by atoms with Crippen molar-refractivity contribution >= 4 is 6.09 Å². The lowest BCUT2D eigenvalue weighted by molar-refractivity contribution is 0.0626. The molecule has 9 heteroatoms. The molecule has 8 rings (SSSR count). The van der Waals surface area contributed by atoms with Crippen LogP contribution in [0.15, 0.2) is 97.1 Å². The van der Waals surface area contributed by atoms with E-state index in [1.165, 1.54) is 41.0 Å². The van der Waals surface area contributed by atoms with Crippen LogP contribution in [0, 0.1) is 48.2 Å². The molecule has 4 heterocycles. The van der Waals surface area contributed by atoms with E-state index < -0.39 is 0 Å². The largest absolute Gasteiger partial charge is 0.449 e. The number of nitrogens with zero attached hydrogens (tertiary/aromatic N) is 3. The maximum Gasteiger partial charge on any atom is 0.410 e. The van der Waals surface area contributed by atoms with Crippen LogP contribution in [0.2, 0.25) is 0 Å². The molecule has 2 N–H and O–H groups in total. The number of nitrogens with one attached hydrogen (secondary N) is 1. The molecule has 4 aromatic rings. The van der Waals surface area contributed by atoms with Crippen molar-refractivity contribution < 1.29 is 23.4 Å². The second-order valence-electron chi connectivity index (χ2n) is 15.6. The predicted octanol–water partition coefficient (Wildman–Crippen LogP) is 7.64.